The molecule has 90 valence electrons. The average Bonchev–Trinajstić information content (AvgIpc) is 2.25. The standard InChI is InChI=1S/C11H12N2O3S/c1-17(15,16)8-11(14)13-7-10-4-2-9(6-12)3-5-10/h2-5H,7-8H2,1H3,(H,13,14). The summed E-state index contributed by atoms with van der Waals surface area (Å²) in [5.74, 6) is -1.04. The first kappa shape index (κ1) is 13.2. The van der Waals surface area contributed by atoms with Gasteiger partial charge in [-0.2, -0.15) is 5.26 Å². The predicted octanol–water partition coefficient (Wildman–Crippen LogP) is 0.219. The van der Waals surface area contributed by atoms with Crippen LogP contribution in [0.4, 0.5) is 0 Å². The molecule has 1 amide bonds. The van der Waals surface area contributed by atoms with Gasteiger partial charge in [0.25, 0.3) is 0 Å². The maximum atomic E-state index is 11.2. The summed E-state index contributed by atoms with van der Waals surface area (Å²) in [5, 5.41) is 11.1. The van der Waals surface area contributed by atoms with E-state index in [0.29, 0.717) is 5.56 Å². The Balaban J connectivity index is 2.51. The molecule has 5 nitrogen and oxygen atoms in total. The Morgan fingerprint density at radius 3 is 2.41 bits per heavy atom. The van der Waals surface area contributed by atoms with E-state index in [9.17, 15) is 13.2 Å². The van der Waals surface area contributed by atoms with Gasteiger partial charge >= 0.3 is 0 Å². The summed E-state index contributed by atoms with van der Waals surface area (Å²) >= 11 is 0. The van der Waals surface area contributed by atoms with Crippen molar-refractivity contribution in [1.29, 1.82) is 5.26 Å². The van der Waals surface area contributed by atoms with E-state index >= 15 is 0 Å². The molecule has 1 rings (SSSR count). The van der Waals surface area contributed by atoms with Crippen LogP contribution < -0.4 is 5.32 Å². The molecule has 6 heteroatoms. The molecule has 0 bridgehead atoms. The molecule has 0 atom stereocenters. The summed E-state index contributed by atoms with van der Waals surface area (Å²) < 4.78 is 21.7. The first-order valence-electron chi connectivity index (χ1n) is 4.84. The second-order valence-corrected chi connectivity index (χ2v) is 5.80. The smallest absolute Gasteiger partial charge is 0.235 e. The van der Waals surface area contributed by atoms with E-state index < -0.39 is 21.5 Å². The van der Waals surface area contributed by atoms with Crippen LogP contribution in [0, 0.1) is 11.3 Å². The lowest BCUT2D eigenvalue weighted by molar-refractivity contribution is -0.118. The van der Waals surface area contributed by atoms with Gasteiger partial charge in [0, 0.05) is 12.8 Å². The van der Waals surface area contributed by atoms with E-state index in [1.54, 1.807) is 24.3 Å². The lowest BCUT2D eigenvalue weighted by Gasteiger charge is -2.04. The van der Waals surface area contributed by atoms with Crippen molar-refractivity contribution >= 4 is 15.7 Å². The fourth-order valence-electron chi connectivity index (χ4n) is 1.19. The summed E-state index contributed by atoms with van der Waals surface area (Å²) in [6, 6.07) is 8.67. The number of sulfone groups is 1. The van der Waals surface area contributed by atoms with Gasteiger partial charge in [-0.25, -0.2) is 8.42 Å². The van der Waals surface area contributed by atoms with E-state index in [4.69, 9.17) is 5.26 Å². The highest BCUT2D eigenvalue weighted by Crippen LogP contribution is 2.02. The Hall–Kier alpha value is -1.87. The zero-order valence-corrected chi connectivity index (χ0v) is 10.1. The SMILES string of the molecule is CS(=O)(=O)CC(=O)NCc1ccc(C#N)cc1. The molecule has 0 fully saturated rings. The van der Waals surface area contributed by atoms with Gasteiger partial charge in [0.1, 0.15) is 5.75 Å². The lowest BCUT2D eigenvalue weighted by atomic mass is 10.1. The number of carbonyl (C=O) groups is 1. The number of amides is 1. The van der Waals surface area contributed by atoms with Gasteiger partial charge in [0.15, 0.2) is 9.84 Å². The average molecular weight is 252 g/mol. The van der Waals surface area contributed by atoms with Gasteiger partial charge in [-0.1, -0.05) is 12.1 Å². The van der Waals surface area contributed by atoms with Crippen LogP contribution in [-0.2, 0) is 21.2 Å². The summed E-state index contributed by atoms with van der Waals surface area (Å²) in [4.78, 5) is 11.2. The molecule has 1 aromatic carbocycles. The number of carbonyl (C=O) groups excluding carboxylic acids is 1. The van der Waals surface area contributed by atoms with Crippen molar-refractivity contribution in [2.45, 2.75) is 6.54 Å². The van der Waals surface area contributed by atoms with E-state index in [1.807, 2.05) is 6.07 Å². The third kappa shape index (κ3) is 5.13. The number of nitriles is 1. The molecule has 17 heavy (non-hydrogen) atoms. The van der Waals surface area contributed by atoms with Crippen LogP contribution in [0.1, 0.15) is 11.1 Å². The highest BCUT2D eigenvalue weighted by atomic mass is 32.2. The topological polar surface area (TPSA) is 87.0 Å². The molecule has 0 heterocycles. The molecule has 0 spiro atoms. The fraction of sp³-hybridized carbons (Fsp3) is 0.273. The molecule has 0 saturated heterocycles. The number of hydrogen-bond acceptors (Lipinski definition) is 4. The van der Waals surface area contributed by atoms with E-state index in [2.05, 4.69) is 5.32 Å². The lowest BCUT2D eigenvalue weighted by Crippen LogP contribution is -2.29. The van der Waals surface area contributed by atoms with Crippen LogP contribution in [0.2, 0.25) is 0 Å². The van der Waals surface area contributed by atoms with Crippen LogP contribution in [-0.4, -0.2) is 26.3 Å². The van der Waals surface area contributed by atoms with Crippen molar-refractivity contribution in [2.75, 3.05) is 12.0 Å². The second-order valence-electron chi connectivity index (χ2n) is 3.66. The summed E-state index contributed by atoms with van der Waals surface area (Å²) in [6.07, 6.45) is 1.01. The Bertz CT molecular complexity index is 541. The molecular weight excluding hydrogens is 240 g/mol. The van der Waals surface area contributed by atoms with Crippen molar-refractivity contribution in [3.05, 3.63) is 35.4 Å². The van der Waals surface area contributed by atoms with Crippen LogP contribution in [0.3, 0.4) is 0 Å². The predicted molar refractivity (Wildman–Crippen MR) is 62.7 cm³/mol. The first-order valence-corrected chi connectivity index (χ1v) is 6.90. The normalized spacial score (nSPS) is 10.6. The Morgan fingerprint density at radius 2 is 1.94 bits per heavy atom. The van der Waals surface area contributed by atoms with E-state index in [1.165, 1.54) is 0 Å². The first-order chi connectivity index (χ1) is 7.90. The summed E-state index contributed by atoms with van der Waals surface area (Å²) in [5.41, 5.74) is 1.35. The fourth-order valence-corrected chi connectivity index (χ4v) is 1.77. The van der Waals surface area contributed by atoms with E-state index in [0.717, 1.165) is 11.8 Å². The molecule has 1 aromatic rings. The quantitative estimate of drug-likeness (QED) is 0.830. The van der Waals surface area contributed by atoms with Crippen molar-refractivity contribution in [1.82, 2.24) is 5.32 Å². The Labute approximate surface area is 100.0 Å². The largest absolute Gasteiger partial charge is 0.351 e. The molecule has 0 aliphatic rings. The monoisotopic (exact) mass is 252 g/mol. The Morgan fingerprint density at radius 1 is 1.35 bits per heavy atom. The van der Waals surface area contributed by atoms with Gasteiger partial charge in [-0.15, -0.1) is 0 Å². The third-order valence-corrected chi connectivity index (χ3v) is 2.75. The van der Waals surface area contributed by atoms with Crippen LogP contribution >= 0.6 is 0 Å². The maximum absolute atomic E-state index is 11.2. The number of nitrogens with zero attached hydrogens (tertiary/aromatic N) is 1. The van der Waals surface area contributed by atoms with Crippen LogP contribution in [0.25, 0.3) is 0 Å². The highest BCUT2D eigenvalue weighted by Gasteiger charge is 2.09. The van der Waals surface area contributed by atoms with Crippen molar-refractivity contribution in [3.63, 3.8) is 0 Å². The van der Waals surface area contributed by atoms with Crippen molar-refractivity contribution < 1.29 is 13.2 Å². The number of hydrogen-bond donors (Lipinski definition) is 1. The second kappa shape index (κ2) is 5.46. The van der Waals surface area contributed by atoms with Gasteiger partial charge < -0.3 is 5.32 Å². The minimum atomic E-state index is -3.29. The van der Waals surface area contributed by atoms with E-state index in [-0.39, 0.29) is 6.54 Å². The van der Waals surface area contributed by atoms with Gasteiger partial charge in [-0.05, 0) is 17.7 Å². The molecule has 0 aromatic heterocycles. The molecule has 0 unspecified atom stereocenters. The minimum Gasteiger partial charge on any atom is -0.351 e. The molecule has 0 aliphatic heterocycles. The number of benzene rings is 1. The molecule has 1 N–H and O–H groups in total. The Kier molecular flexibility index (Phi) is 4.24. The maximum Gasteiger partial charge on any atom is 0.235 e. The number of rotatable bonds is 4. The van der Waals surface area contributed by atoms with Crippen LogP contribution in [0.15, 0.2) is 24.3 Å². The molecule has 0 aliphatic carbocycles. The van der Waals surface area contributed by atoms with Gasteiger partial charge in [-0.3, -0.25) is 4.79 Å². The van der Waals surface area contributed by atoms with Gasteiger partial charge in [0.2, 0.25) is 5.91 Å². The zero-order chi connectivity index (χ0) is 12.9. The molecule has 0 saturated carbocycles. The summed E-state index contributed by atoms with van der Waals surface area (Å²) in [7, 11) is -3.29. The van der Waals surface area contributed by atoms with Gasteiger partial charge in [0.05, 0.1) is 11.6 Å². The zero-order valence-electron chi connectivity index (χ0n) is 9.30. The minimum absolute atomic E-state index is 0.250. The number of nitrogens with one attached hydrogen (secondary N) is 1. The van der Waals surface area contributed by atoms with Crippen molar-refractivity contribution in [3.8, 4) is 6.07 Å². The third-order valence-electron chi connectivity index (χ3n) is 1.97. The molecular formula is C11H12N2O3S. The van der Waals surface area contributed by atoms with Crippen LogP contribution in [0.5, 0.6) is 0 Å². The highest BCUT2D eigenvalue weighted by molar-refractivity contribution is 7.91. The molecule has 0 radical (unpaired) electrons. The summed E-state index contributed by atoms with van der Waals surface area (Å²) in [6.45, 7) is 0.250. The van der Waals surface area contributed by atoms with Crippen molar-refractivity contribution in [2.24, 2.45) is 0 Å².